The van der Waals surface area contributed by atoms with Crippen LogP contribution in [0.2, 0.25) is 0 Å². The SMILES string of the molecule is c1cnn(C[C@@H]2C[C@@H]3CN(CC4CC4)CC[C@@H]3N2c2nccs2)c1. The molecule has 0 amide bonds. The van der Waals surface area contributed by atoms with Crippen molar-refractivity contribution in [1.82, 2.24) is 19.7 Å². The first-order valence-corrected chi connectivity index (χ1v) is 10.1. The van der Waals surface area contributed by atoms with E-state index in [1.165, 1.54) is 50.4 Å². The maximum absolute atomic E-state index is 4.65. The summed E-state index contributed by atoms with van der Waals surface area (Å²) in [7, 11) is 0. The van der Waals surface area contributed by atoms with E-state index in [4.69, 9.17) is 0 Å². The Morgan fingerprint density at radius 3 is 2.88 bits per heavy atom. The van der Waals surface area contributed by atoms with Gasteiger partial charge in [-0.3, -0.25) is 4.68 Å². The third kappa shape index (κ3) is 2.86. The number of likely N-dealkylation sites (tertiary alicyclic amines) is 1. The first kappa shape index (κ1) is 14.9. The number of aromatic nitrogens is 3. The minimum absolute atomic E-state index is 0.520. The largest absolute Gasteiger partial charge is 0.340 e. The summed E-state index contributed by atoms with van der Waals surface area (Å²) in [5.74, 6) is 1.78. The first-order chi connectivity index (χ1) is 11.9. The molecular weight excluding hydrogens is 318 g/mol. The average molecular weight is 343 g/mol. The predicted molar refractivity (Wildman–Crippen MR) is 96.3 cm³/mol. The molecule has 3 atom stereocenters. The molecule has 1 aliphatic carbocycles. The van der Waals surface area contributed by atoms with Crippen LogP contribution < -0.4 is 4.90 Å². The molecule has 6 heteroatoms. The minimum atomic E-state index is 0.520. The number of piperidine rings is 1. The Morgan fingerprint density at radius 1 is 1.17 bits per heavy atom. The van der Waals surface area contributed by atoms with Crippen molar-refractivity contribution >= 4 is 16.5 Å². The van der Waals surface area contributed by atoms with Crippen molar-refractivity contribution < 1.29 is 0 Å². The third-order valence-corrected chi connectivity index (χ3v) is 6.70. The first-order valence-electron chi connectivity index (χ1n) is 9.24. The van der Waals surface area contributed by atoms with E-state index in [9.17, 15) is 0 Å². The fraction of sp³-hybridized carbons (Fsp3) is 0.667. The van der Waals surface area contributed by atoms with Crippen LogP contribution >= 0.6 is 11.3 Å². The summed E-state index contributed by atoms with van der Waals surface area (Å²) in [5.41, 5.74) is 0. The smallest absolute Gasteiger partial charge is 0.185 e. The quantitative estimate of drug-likeness (QED) is 0.836. The number of thiazole rings is 1. The lowest BCUT2D eigenvalue weighted by atomic mass is 9.92. The van der Waals surface area contributed by atoms with Crippen molar-refractivity contribution in [3.63, 3.8) is 0 Å². The summed E-state index contributed by atoms with van der Waals surface area (Å²) in [4.78, 5) is 10.0. The molecular formula is C18H25N5S. The maximum Gasteiger partial charge on any atom is 0.185 e. The second kappa shape index (κ2) is 6.15. The topological polar surface area (TPSA) is 37.2 Å². The number of fused-ring (bicyclic) bond motifs is 1. The van der Waals surface area contributed by atoms with E-state index in [1.807, 2.05) is 18.5 Å². The molecule has 4 heterocycles. The highest BCUT2D eigenvalue weighted by Crippen LogP contribution is 2.41. The van der Waals surface area contributed by atoms with Gasteiger partial charge in [0.15, 0.2) is 5.13 Å². The van der Waals surface area contributed by atoms with Crippen molar-refractivity contribution in [3.8, 4) is 0 Å². The average Bonchev–Trinajstić information content (AvgIpc) is 3.00. The van der Waals surface area contributed by atoms with Gasteiger partial charge in [0, 0.05) is 49.6 Å². The van der Waals surface area contributed by atoms with Crippen molar-refractivity contribution in [3.05, 3.63) is 30.0 Å². The highest BCUT2D eigenvalue weighted by Gasteiger charge is 2.45. The summed E-state index contributed by atoms with van der Waals surface area (Å²) in [6.45, 7) is 4.85. The molecule has 128 valence electrons. The molecule has 0 spiro atoms. The van der Waals surface area contributed by atoms with Gasteiger partial charge in [-0.25, -0.2) is 4.98 Å². The summed E-state index contributed by atoms with van der Waals surface area (Å²) in [5, 5.41) is 7.75. The van der Waals surface area contributed by atoms with Gasteiger partial charge in [-0.05, 0) is 43.6 Å². The Balaban J connectivity index is 1.35. The van der Waals surface area contributed by atoms with Crippen LogP contribution in [0.15, 0.2) is 30.0 Å². The van der Waals surface area contributed by atoms with Crippen molar-refractivity contribution in [2.75, 3.05) is 24.5 Å². The van der Waals surface area contributed by atoms with Gasteiger partial charge < -0.3 is 9.80 Å². The van der Waals surface area contributed by atoms with Gasteiger partial charge in [0.05, 0.1) is 12.6 Å². The maximum atomic E-state index is 4.65. The monoisotopic (exact) mass is 343 g/mol. The van der Waals surface area contributed by atoms with Crippen molar-refractivity contribution in [2.45, 2.75) is 44.3 Å². The molecule has 24 heavy (non-hydrogen) atoms. The van der Waals surface area contributed by atoms with E-state index in [-0.39, 0.29) is 0 Å². The number of hydrogen-bond acceptors (Lipinski definition) is 5. The molecule has 0 radical (unpaired) electrons. The summed E-state index contributed by atoms with van der Waals surface area (Å²) in [6, 6.07) is 3.20. The summed E-state index contributed by atoms with van der Waals surface area (Å²) < 4.78 is 2.09. The Bertz CT molecular complexity index is 651. The second-order valence-electron chi connectivity index (χ2n) is 7.66. The molecule has 0 bridgehead atoms. The minimum Gasteiger partial charge on any atom is -0.340 e. The molecule has 2 saturated heterocycles. The van der Waals surface area contributed by atoms with Crippen LogP contribution in [-0.2, 0) is 6.54 Å². The van der Waals surface area contributed by atoms with Gasteiger partial charge >= 0.3 is 0 Å². The number of anilines is 1. The van der Waals surface area contributed by atoms with E-state index in [2.05, 4.69) is 36.1 Å². The lowest BCUT2D eigenvalue weighted by molar-refractivity contribution is 0.162. The molecule has 0 N–H and O–H groups in total. The van der Waals surface area contributed by atoms with E-state index >= 15 is 0 Å². The zero-order valence-electron chi connectivity index (χ0n) is 14.0. The van der Waals surface area contributed by atoms with Gasteiger partial charge in [0.25, 0.3) is 0 Å². The molecule has 5 rings (SSSR count). The van der Waals surface area contributed by atoms with Crippen LogP contribution in [0, 0.1) is 11.8 Å². The standard InChI is InChI=1S/C18H25N5S/c1-5-20-22(7-1)13-16-10-15-12-21(11-14-2-3-14)8-4-17(15)23(16)18-19-6-9-24-18/h1,5-7,9,14-17H,2-4,8,10-13H2/t15-,16+,17+/m1/s1. The van der Waals surface area contributed by atoms with Gasteiger partial charge in [0.2, 0.25) is 0 Å². The van der Waals surface area contributed by atoms with Crippen LogP contribution in [0.4, 0.5) is 5.13 Å². The van der Waals surface area contributed by atoms with Gasteiger partial charge in [-0.2, -0.15) is 5.10 Å². The molecule has 0 unspecified atom stereocenters. The molecule has 3 fully saturated rings. The van der Waals surface area contributed by atoms with Crippen molar-refractivity contribution in [1.29, 1.82) is 0 Å². The van der Waals surface area contributed by atoms with Gasteiger partial charge in [-0.1, -0.05) is 0 Å². The Labute approximate surface area is 147 Å². The fourth-order valence-corrected chi connectivity index (χ4v) is 5.46. The van der Waals surface area contributed by atoms with Crippen molar-refractivity contribution in [2.24, 2.45) is 11.8 Å². The van der Waals surface area contributed by atoms with Gasteiger partial charge in [-0.15, -0.1) is 11.3 Å². The number of nitrogens with zero attached hydrogens (tertiary/aromatic N) is 5. The molecule has 1 saturated carbocycles. The van der Waals surface area contributed by atoms with Crippen LogP contribution in [-0.4, -0.2) is 51.4 Å². The predicted octanol–water partition coefficient (Wildman–Crippen LogP) is 2.72. The van der Waals surface area contributed by atoms with E-state index < -0.39 is 0 Å². The van der Waals surface area contributed by atoms with Crippen LogP contribution in [0.25, 0.3) is 0 Å². The second-order valence-corrected chi connectivity index (χ2v) is 8.53. The fourth-order valence-electron chi connectivity index (χ4n) is 4.69. The molecule has 2 aromatic rings. The normalized spacial score (nSPS) is 30.7. The molecule has 3 aliphatic rings. The number of rotatable bonds is 5. The summed E-state index contributed by atoms with van der Waals surface area (Å²) >= 11 is 1.79. The van der Waals surface area contributed by atoms with Crippen LogP contribution in [0.5, 0.6) is 0 Å². The molecule has 0 aromatic carbocycles. The third-order valence-electron chi connectivity index (χ3n) is 5.91. The molecule has 2 aliphatic heterocycles. The van der Waals surface area contributed by atoms with Crippen LogP contribution in [0.1, 0.15) is 25.7 Å². The zero-order valence-corrected chi connectivity index (χ0v) is 14.8. The highest BCUT2D eigenvalue weighted by atomic mass is 32.1. The Morgan fingerprint density at radius 2 is 2.12 bits per heavy atom. The zero-order chi connectivity index (χ0) is 15.9. The van der Waals surface area contributed by atoms with E-state index in [0.717, 1.165) is 18.4 Å². The lowest BCUT2D eigenvalue weighted by Crippen LogP contribution is -2.47. The number of hydrogen-bond donors (Lipinski definition) is 0. The Kier molecular flexibility index (Phi) is 3.82. The summed E-state index contributed by atoms with van der Waals surface area (Å²) in [6.07, 6.45) is 11.4. The Hall–Kier alpha value is -1.40. The molecule has 5 nitrogen and oxygen atoms in total. The highest BCUT2D eigenvalue weighted by molar-refractivity contribution is 7.13. The van der Waals surface area contributed by atoms with Gasteiger partial charge in [0.1, 0.15) is 0 Å². The lowest BCUT2D eigenvalue weighted by Gasteiger charge is -2.38. The van der Waals surface area contributed by atoms with E-state index in [0.29, 0.717) is 12.1 Å². The van der Waals surface area contributed by atoms with Crippen LogP contribution in [0.3, 0.4) is 0 Å². The molecule has 2 aromatic heterocycles. The van der Waals surface area contributed by atoms with E-state index in [1.54, 1.807) is 11.3 Å².